The van der Waals surface area contributed by atoms with Crippen LogP contribution in [0.4, 0.5) is 5.69 Å². The number of aromatic nitrogens is 2. The first-order chi connectivity index (χ1) is 14.5. The summed E-state index contributed by atoms with van der Waals surface area (Å²) < 4.78 is 17.6. The minimum Gasteiger partial charge on any atom is -0.493 e. The Balaban J connectivity index is 2.38. The lowest BCUT2D eigenvalue weighted by Gasteiger charge is -2.17. The van der Waals surface area contributed by atoms with Crippen molar-refractivity contribution in [3.8, 4) is 22.9 Å². The van der Waals surface area contributed by atoms with Crippen molar-refractivity contribution < 1.29 is 19.1 Å². The van der Waals surface area contributed by atoms with E-state index in [1.165, 1.54) is 68.0 Å². The van der Waals surface area contributed by atoms with Crippen LogP contribution in [0.3, 0.4) is 0 Å². The average Bonchev–Trinajstić information content (AvgIpc) is 2.76. The molecule has 1 heterocycles. The van der Waals surface area contributed by atoms with Gasteiger partial charge in [0.2, 0.25) is 5.75 Å². The monoisotopic (exact) mass is 429 g/mol. The molecule has 0 amide bonds. The SMILES string of the molecule is C=CCSc1nc2c(OC)c(OC)c(OC)cc2c(=O)n1-c1ccc([N+](=O)[O-])cc1. The van der Waals surface area contributed by atoms with Gasteiger partial charge < -0.3 is 14.2 Å². The molecule has 0 unspecified atom stereocenters. The van der Waals surface area contributed by atoms with Crippen LogP contribution in [-0.4, -0.2) is 41.6 Å². The number of thioether (sulfide) groups is 1. The van der Waals surface area contributed by atoms with Gasteiger partial charge in [-0.25, -0.2) is 4.98 Å². The molecule has 1 aromatic heterocycles. The molecule has 30 heavy (non-hydrogen) atoms. The third-order valence-corrected chi connectivity index (χ3v) is 5.22. The van der Waals surface area contributed by atoms with Crippen molar-refractivity contribution in [3.63, 3.8) is 0 Å². The topological polar surface area (TPSA) is 106 Å². The molecule has 3 rings (SSSR count). The van der Waals surface area contributed by atoms with E-state index in [0.717, 1.165) is 0 Å². The zero-order chi connectivity index (χ0) is 21.8. The quantitative estimate of drug-likeness (QED) is 0.176. The summed E-state index contributed by atoms with van der Waals surface area (Å²) in [6, 6.07) is 7.22. The zero-order valence-electron chi connectivity index (χ0n) is 16.6. The number of rotatable bonds is 8. The van der Waals surface area contributed by atoms with Crippen LogP contribution in [0.1, 0.15) is 0 Å². The summed E-state index contributed by atoms with van der Waals surface area (Å²) in [6.45, 7) is 3.71. The van der Waals surface area contributed by atoms with Crippen LogP contribution in [0.15, 0.2) is 52.9 Å². The molecule has 156 valence electrons. The number of ether oxygens (including phenoxy) is 3. The Kier molecular flexibility index (Phi) is 6.26. The fourth-order valence-corrected chi connectivity index (χ4v) is 3.69. The van der Waals surface area contributed by atoms with E-state index in [2.05, 4.69) is 11.6 Å². The Morgan fingerprint density at radius 2 is 1.83 bits per heavy atom. The normalized spacial score (nSPS) is 10.6. The largest absolute Gasteiger partial charge is 0.493 e. The predicted molar refractivity (Wildman–Crippen MR) is 115 cm³/mol. The summed E-state index contributed by atoms with van der Waals surface area (Å²) in [7, 11) is 4.38. The Labute approximate surface area is 176 Å². The van der Waals surface area contributed by atoms with Gasteiger partial charge in [-0.15, -0.1) is 6.58 Å². The first-order valence-electron chi connectivity index (χ1n) is 8.71. The maximum absolute atomic E-state index is 13.5. The van der Waals surface area contributed by atoms with Crippen molar-refractivity contribution in [1.82, 2.24) is 9.55 Å². The lowest BCUT2D eigenvalue weighted by Crippen LogP contribution is -2.22. The first-order valence-corrected chi connectivity index (χ1v) is 9.69. The highest BCUT2D eigenvalue weighted by atomic mass is 32.2. The summed E-state index contributed by atoms with van der Waals surface area (Å²) in [6.07, 6.45) is 1.69. The summed E-state index contributed by atoms with van der Waals surface area (Å²) in [5.74, 6) is 1.43. The molecule has 0 saturated carbocycles. The number of non-ortho nitro benzene ring substituents is 1. The Morgan fingerprint density at radius 1 is 1.17 bits per heavy atom. The number of hydrogen-bond donors (Lipinski definition) is 0. The molecular weight excluding hydrogens is 410 g/mol. The third-order valence-electron chi connectivity index (χ3n) is 4.29. The van der Waals surface area contributed by atoms with E-state index < -0.39 is 4.92 Å². The summed E-state index contributed by atoms with van der Waals surface area (Å²) >= 11 is 1.30. The molecule has 0 saturated heterocycles. The average molecular weight is 429 g/mol. The van der Waals surface area contributed by atoms with Gasteiger partial charge in [-0.1, -0.05) is 17.8 Å². The molecule has 9 nitrogen and oxygen atoms in total. The van der Waals surface area contributed by atoms with Gasteiger partial charge in [0.25, 0.3) is 11.2 Å². The second kappa shape index (κ2) is 8.87. The molecule has 0 aliphatic heterocycles. The van der Waals surface area contributed by atoms with E-state index in [1.807, 2.05) is 0 Å². The molecule has 10 heteroatoms. The lowest BCUT2D eigenvalue weighted by molar-refractivity contribution is -0.384. The van der Waals surface area contributed by atoms with Gasteiger partial charge in [-0.2, -0.15) is 0 Å². The molecule has 0 atom stereocenters. The van der Waals surface area contributed by atoms with Crippen LogP contribution in [-0.2, 0) is 0 Å². The van der Waals surface area contributed by atoms with Crippen molar-refractivity contribution in [3.05, 3.63) is 63.5 Å². The molecule has 0 radical (unpaired) electrons. The van der Waals surface area contributed by atoms with Gasteiger partial charge in [0.05, 0.1) is 37.3 Å². The number of nitrogens with zero attached hydrogens (tertiary/aromatic N) is 3. The van der Waals surface area contributed by atoms with E-state index in [1.54, 1.807) is 6.08 Å². The Bertz CT molecular complexity index is 1170. The molecule has 0 fully saturated rings. The van der Waals surface area contributed by atoms with Gasteiger partial charge in [-0.05, 0) is 18.2 Å². The lowest BCUT2D eigenvalue weighted by atomic mass is 10.2. The maximum Gasteiger partial charge on any atom is 0.269 e. The van der Waals surface area contributed by atoms with Gasteiger partial charge >= 0.3 is 0 Å². The van der Waals surface area contributed by atoms with E-state index in [9.17, 15) is 14.9 Å². The summed E-state index contributed by atoms with van der Waals surface area (Å²) in [5, 5.41) is 11.6. The van der Waals surface area contributed by atoms with E-state index in [-0.39, 0.29) is 22.4 Å². The number of fused-ring (bicyclic) bond motifs is 1. The van der Waals surface area contributed by atoms with E-state index in [4.69, 9.17) is 14.2 Å². The fourth-order valence-electron chi connectivity index (χ4n) is 2.95. The van der Waals surface area contributed by atoms with Crippen molar-refractivity contribution in [2.24, 2.45) is 0 Å². The highest BCUT2D eigenvalue weighted by Gasteiger charge is 2.22. The zero-order valence-corrected chi connectivity index (χ0v) is 17.4. The summed E-state index contributed by atoms with van der Waals surface area (Å²) in [4.78, 5) is 28.6. The highest BCUT2D eigenvalue weighted by Crippen LogP contribution is 2.42. The molecule has 2 aromatic carbocycles. The molecule has 0 spiro atoms. The number of nitro benzene ring substituents is 1. The third kappa shape index (κ3) is 3.69. The standard InChI is InChI=1S/C20H19N3O6S/c1-5-10-30-20-21-16-14(11-15(27-2)17(28-3)18(16)29-4)19(24)22(20)12-6-8-13(9-7-12)23(25)26/h5-9,11H,1,10H2,2-4H3. The van der Waals surface area contributed by atoms with Crippen LogP contribution in [0.25, 0.3) is 16.6 Å². The van der Waals surface area contributed by atoms with Crippen molar-refractivity contribution >= 4 is 28.4 Å². The van der Waals surface area contributed by atoms with Gasteiger partial charge in [0, 0.05) is 17.9 Å². The number of hydrogen-bond acceptors (Lipinski definition) is 8. The first kappa shape index (κ1) is 21.2. The fraction of sp³-hybridized carbons (Fsp3) is 0.200. The minimum atomic E-state index is -0.499. The highest BCUT2D eigenvalue weighted by molar-refractivity contribution is 7.99. The second-order valence-corrected chi connectivity index (χ2v) is 6.94. The van der Waals surface area contributed by atoms with Crippen LogP contribution < -0.4 is 19.8 Å². The molecule has 0 N–H and O–H groups in total. The van der Waals surface area contributed by atoms with Crippen molar-refractivity contribution in [2.75, 3.05) is 27.1 Å². The number of methoxy groups -OCH3 is 3. The van der Waals surface area contributed by atoms with Crippen LogP contribution in [0.5, 0.6) is 17.2 Å². The summed E-state index contributed by atoms with van der Waals surface area (Å²) in [5.41, 5.74) is 0.318. The van der Waals surface area contributed by atoms with Gasteiger partial charge in [-0.3, -0.25) is 19.5 Å². The second-order valence-electron chi connectivity index (χ2n) is 5.95. The van der Waals surface area contributed by atoms with E-state index in [0.29, 0.717) is 33.6 Å². The number of benzene rings is 2. The Morgan fingerprint density at radius 3 is 2.37 bits per heavy atom. The van der Waals surface area contributed by atoms with Gasteiger partial charge in [0.1, 0.15) is 5.52 Å². The van der Waals surface area contributed by atoms with Crippen molar-refractivity contribution in [1.29, 1.82) is 0 Å². The van der Waals surface area contributed by atoms with Crippen molar-refractivity contribution in [2.45, 2.75) is 5.16 Å². The van der Waals surface area contributed by atoms with E-state index >= 15 is 0 Å². The van der Waals surface area contributed by atoms with Gasteiger partial charge in [0.15, 0.2) is 16.7 Å². The number of nitro groups is 1. The molecule has 0 aliphatic rings. The smallest absolute Gasteiger partial charge is 0.269 e. The molecule has 0 aliphatic carbocycles. The minimum absolute atomic E-state index is 0.0751. The molecule has 0 bridgehead atoms. The maximum atomic E-state index is 13.5. The molecular formula is C20H19N3O6S. The Hall–Kier alpha value is -3.53. The molecule has 3 aromatic rings. The van der Waals surface area contributed by atoms with Crippen LogP contribution >= 0.6 is 11.8 Å². The van der Waals surface area contributed by atoms with Crippen LogP contribution in [0, 0.1) is 10.1 Å². The van der Waals surface area contributed by atoms with Crippen LogP contribution in [0.2, 0.25) is 0 Å². The predicted octanol–water partition coefficient (Wildman–Crippen LogP) is 3.60.